The van der Waals surface area contributed by atoms with Gasteiger partial charge in [0.05, 0.1) is 9.79 Å². The molecule has 4 fully saturated rings. The molecule has 1 nitrogen and oxygen atoms in total. The van der Waals surface area contributed by atoms with Crippen LogP contribution in [0.3, 0.4) is 0 Å². The standard InChI is InChI=1S/C31H39OP3/c1-26(2,3)25-33-24-29(23-18-14-11-15-19-23)31(34(25)29,28(7,8)9)35(32,30(24,33)27(4,5)6)21-20-22-16-12-10-13-17-22/h10-19,24-25H,1-9H3/t24-,25?,29+,30+,31+,33?,34?,35?/m1/s1. The van der Waals surface area contributed by atoms with Crippen LogP contribution in [0.5, 0.6) is 0 Å². The molecule has 4 aliphatic rings. The first-order valence-corrected chi connectivity index (χ1v) is 17.6. The molecule has 184 valence electrons. The fourth-order valence-corrected chi connectivity index (χ4v) is 33.6. The zero-order valence-corrected chi connectivity index (χ0v) is 25.4. The lowest BCUT2D eigenvalue weighted by molar-refractivity contribution is 0.347. The summed E-state index contributed by atoms with van der Waals surface area (Å²) in [5, 5.41) is 0.747. The minimum Gasteiger partial charge on any atom is -0.308 e. The maximum absolute atomic E-state index is 16.2. The predicted octanol–water partition coefficient (Wildman–Crippen LogP) is 9.50. The van der Waals surface area contributed by atoms with E-state index in [1.807, 2.05) is 18.2 Å². The molecule has 4 heterocycles. The molecule has 4 unspecified atom stereocenters. The van der Waals surface area contributed by atoms with Gasteiger partial charge < -0.3 is 4.57 Å². The van der Waals surface area contributed by atoms with Crippen LogP contribution in [0.4, 0.5) is 0 Å². The third kappa shape index (κ3) is 2.37. The highest BCUT2D eigenvalue weighted by Crippen LogP contribution is 3.29. The number of hydrogen-bond acceptors (Lipinski definition) is 1. The number of fused-ring (bicyclic) bond motifs is 2. The molecule has 2 aromatic rings. The van der Waals surface area contributed by atoms with Gasteiger partial charge in [-0.05, 0) is 39.6 Å². The quantitative estimate of drug-likeness (QED) is 0.270. The molecule has 0 bridgehead atoms. The van der Waals surface area contributed by atoms with E-state index in [0.29, 0.717) is 11.1 Å². The summed E-state index contributed by atoms with van der Waals surface area (Å²) in [5.41, 5.74) is 6.83. The summed E-state index contributed by atoms with van der Waals surface area (Å²) in [6.07, 6.45) is 0. The molecule has 0 spiro atoms. The molecule has 4 aliphatic heterocycles. The summed E-state index contributed by atoms with van der Waals surface area (Å²) < 4.78 is 16.2. The number of hydrogen-bond donors (Lipinski definition) is 0. The predicted molar refractivity (Wildman–Crippen MR) is 154 cm³/mol. The smallest absolute Gasteiger partial charge is 0.178 e. The van der Waals surface area contributed by atoms with Crippen molar-refractivity contribution in [2.75, 3.05) is 0 Å². The van der Waals surface area contributed by atoms with Crippen LogP contribution < -0.4 is 0 Å². The van der Waals surface area contributed by atoms with Crippen molar-refractivity contribution in [3.05, 3.63) is 71.8 Å². The third-order valence-electron chi connectivity index (χ3n) is 9.30. The summed E-state index contributed by atoms with van der Waals surface area (Å²) in [6, 6.07) is 21.6. The first-order valence-electron chi connectivity index (χ1n) is 13.0. The van der Waals surface area contributed by atoms with Crippen molar-refractivity contribution in [2.24, 2.45) is 16.2 Å². The van der Waals surface area contributed by atoms with Gasteiger partial charge in [0.25, 0.3) is 0 Å². The number of benzene rings is 2. The van der Waals surface area contributed by atoms with Gasteiger partial charge in [0.2, 0.25) is 0 Å². The highest BCUT2D eigenvalue weighted by molar-refractivity contribution is 8.11. The molecule has 6 rings (SSSR count). The second-order valence-electron chi connectivity index (χ2n) is 14.2. The van der Waals surface area contributed by atoms with Crippen LogP contribution in [0.1, 0.15) is 73.4 Å². The Morgan fingerprint density at radius 2 is 1.34 bits per heavy atom. The molecule has 2 aromatic carbocycles. The van der Waals surface area contributed by atoms with Crippen molar-refractivity contribution in [3.8, 4) is 11.6 Å². The molecule has 8 atom stereocenters. The van der Waals surface area contributed by atoms with E-state index in [4.69, 9.17) is 0 Å². The second-order valence-corrected chi connectivity index (χ2v) is 23.3. The summed E-state index contributed by atoms with van der Waals surface area (Å²) in [5.74, 6) is 3.51. The van der Waals surface area contributed by atoms with Crippen LogP contribution in [0.15, 0.2) is 60.7 Å². The Morgan fingerprint density at radius 3 is 1.83 bits per heavy atom. The lowest BCUT2D eigenvalue weighted by Gasteiger charge is -2.51. The average Bonchev–Trinajstić information content (AvgIpc) is 3.59. The van der Waals surface area contributed by atoms with Gasteiger partial charge in [-0.2, -0.15) is 0 Å². The molecule has 4 heteroatoms. The molecular weight excluding hydrogens is 481 g/mol. The summed E-state index contributed by atoms with van der Waals surface area (Å²) in [6.45, 7) is 21.7. The summed E-state index contributed by atoms with van der Waals surface area (Å²) >= 11 is 0. The normalized spacial score (nSPS) is 42.8. The van der Waals surface area contributed by atoms with E-state index in [-0.39, 0.29) is 39.1 Å². The molecule has 0 aromatic heterocycles. The van der Waals surface area contributed by atoms with Crippen LogP contribution in [0, 0.1) is 27.8 Å². The van der Waals surface area contributed by atoms with E-state index in [2.05, 4.69) is 116 Å². The number of rotatable bonds is 1. The Labute approximate surface area is 215 Å². The van der Waals surface area contributed by atoms with Crippen molar-refractivity contribution in [1.29, 1.82) is 0 Å². The molecule has 35 heavy (non-hydrogen) atoms. The Kier molecular flexibility index (Phi) is 4.71. The maximum atomic E-state index is 16.2. The Morgan fingerprint density at radius 1 is 0.800 bits per heavy atom. The summed E-state index contributed by atoms with van der Waals surface area (Å²) in [7, 11) is -3.74. The third-order valence-corrected chi connectivity index (χ3v) is 27.1. The second kappa shape index (κ2) is 6.74. The topological polar surface area (TPSA) is 17.1 Å². The first kappa shape index (κ1) is 24.4. The largest absolute Gasteiger partial charge is 0.308 e. The lowest BCUT2D eigenvalue weighted by Crippen LogP contribution is -2.41. The van der Waals surface area contributed by atoms with Crippen molar-refractivity contribution >= 4 is 23.0 Å². The highest BCUT2D eigenvalue weighted by Gasteiger charge is 3.12. The van der Waals surface area contributed by atoms with E-state index in [1.165, 1.54) is 5.56 Å². The monoisotopic (exact) mass is 520 g/mol. The fourth-order valence-electron chi connectivity index (χ4n) is 8.80. The molecule has 0 aliphatic carbocycles. The average molecular weight is 521 g/mol. The van der Waals surface area contributed by atoms with Crippen LogP contribution in [-0.2, 0) is 9.72 Å². The van der Waals surface area contributed by atoms with E-state index >= 15 is 4.57 Å². The van der Waals surface area contributed by atoms with Gasteiger partial charge in [-0.25, -0.2) is 0 Å². The van der Waals surface area contributed by atoms with Gasteiger partial charge in [0.15, 0.2) is 7.14 Å². The Bertz CT molecular complexity index is 1320. The highest BCUT2D eigenvalue weighted by atomic mass is 31.3. The van der Waals surface area contributed by atoms with Crippen LogP contribution in [0.25, 0.3) is 0 Å². The van der Waals surface area contributed by atoms with Gasteiger partial charge >= 0.3 is 0 Å². The van der Waals surface area contributed by atoms with E-state index in [1.54, 1.807) is 0 Å². The van der Waals surface area contributed by atoms with E-state index in [9.17, 15) is 0 Å². The fraction of sp³-hybridized carbons (Fsp3) is 0.548. The van der Waals surface area contributed by atoms with Gasteiger partial charge in [-0.15, -0.1) is 0 Å². The first-order chi connectivity index (χ1) is 16.2. The maximum Gasteiger partial charge on any atom is 0.178 e. The van der Waals surface area contributed by atoms with E-state index in [0.717, 1.165) is 5.56 Å². The van der Waals surface area contributed by atoms with Crippen molar-refractivity contribution < 1.29 is 4.57 Å². The zero-order chi connectivity index (χ0) is 25.4. The molecule has 4 saturated heterocycles. The summed E-state index contributed by atoms with van der Waals surface area (Å²) in [4.78, 5) is -0.353. The van der Waals surface area contributed by atoms with Gasteiger partial charge in [-0.3, -0.25) is 0 Å². The molecule has 0 amide bonds. The van der Waals surface area contributed by atoms with Crippen LogP contribution >= 0.6 is 23.0 Å². The molecular formula is C31H39OP3. The van der Waals surface area contributed by atoms with Crippen molar-refractivity contribution in [2.45, 2.75) is 88.3 Å². The van der Waals surface area contributed by atoms with Gasteiger partial charge in [0.1, 0.15) is 0 Å². The molecule has 0 radical (unpaired) electrons. The van der Waals surface area contributed by atoms with Crippen LogP contribution in [-0.4, -0.2) is 20.9 Å². The Hall–Kier alpha value is -0.910. The Balaban J connectivity index is 1.72. The molecule has 0 N–H and O–H groups in total. The van der Waals surface area contributed by atoms with Crippen molar-refractivity contribution in [3.63, 3.8) is 0 Å². The molecule has 0 saturated carbocycles. The zero-order valence-electron chi connectivity index (χ0n) is 22.7. The van der Waals surface area contributed by atoms with Gasteiger partial charge in [-0.1, -0.05) is 133 Å². The SMILES string of the molecule is CC(C)(C)C1P2[C@]3(C(C)(C)C)[C@]2(c2ccccc2)[C@H]2P1[C@]2(C(C)(C)C)P3(=O)C#Cc1ccccc1. The van der Waals surface area contributed by atoms with Crippen LogP contribution in [0.2, 0.25) is 0 Å². The minimum atomic E-state index is -2.92. The lowest BCUT2D eigenvalue weighted by atomic mass is 9.76. The van der Waals surface area contributed by atoms with Gasteiger partial charge in [0, 0.05) is 21.8 Å². The van der Waals surface area contributed by atoms with Crippen molar-refractivity contribution in [1.82, 2.24) is 0 Å². The minimum absolute atomic E-state index is 0.0390. The van der Waals surface area contributed by atoms with E-state index < -0.39 is 15.1 Å².